The molecule has 6 aromatic rings. The van der Waals surface area contributed by atoms with Crippen molar-refractivity contribution in [2.75, 3.05) is 12.8 Å². The Balaban J connectivity index is 0.000000355. The van der Waals surface area contributed by atoms with Crippen LogP contribution >= 0.6 is 12.6 Å². The Bertz CT molecular complexity index is 1690. The van der Waals surface area contributed by atoms with E-state index in [4.69, 9.17) is 5.73 Å². The lowest BCUT2D eigenvalue weighted by Gasteiger charge is -2.15. The van der Waals surface area contributed by atoms with E-state index < -0.39 is 0 Å². The van der Waals surface area contributed by atoms with Gasteiger partial charge in [-0.15, -0.1) is 12.6 Å². The minimum atomic E-state index is 0.734. The van der Waals surface area contributed by atoms with Gasteiger partial charge < -0.3 is 11.5 Å². The maximum Gasteiger partial charge on any atom is 0.0535 e. The third-order valence-corrected chi connectivity index (χ3v) is 7.15. The van der Waals surface area contributed by atoms with Crippen LogP contribution in [0.25, 0.3) is 27.1 Å². The molecule has 0 saturated carbocycles. The molecule has 0 fully saturated rings. The van der Waals surface area contributed by atoms with Crippen molar-refractivity contribution in [1.82, 2.24) is 0 Å². The zero-order valence-corrected chi connectivity index (χ0v) is 24.0. The number of fused-ring (bicyclic) bond motifs is 3. The van der Waals surface area contributed by atoms with Gasteiger partial charge in [0.2, 0.25) is 0 Å². The fraction of sp³-hybridized carbons (Fsp3) is 0.0811. The van der Waals surface area contributed by atoms with Crippen molar-refractivity contribution in [2.45, 2.75) is 18.2 Å². The molecule has 6 rings (SSSR count). The van der Waals surface area contributed by atoms with E-state index in [9.17, 15) is 0 Å². The van der Waals surface area contributed by atoms with Crippen LogP contribution in [0.2, 0.25) is 0 Å². The van der Waals surface area contributed by atoms with E-state index in [0.717, 1.165) is 33.2 Å². The van der Waals surface area contributed by atoms with Gasteiger partial charge in [0.15, 0.2) is 0 Å². The Morgan fingerprint density at radius 3 is 1.88 bits per heavy atom. The summed E-state index contributed by atoms with van der Waals surface area (Å²) >= 11 is 4.56. The summed E-state index contributed by atoms with van der Waals surface area (Å²) in [6.45, 7) is 2.08. The molecular formula is C37H36N2S. The monoisotopic (exact) mass is 540 g/mol. The van der Waals surface area contributed by atoms with Crippen LogP contribution in [0.15, 0.2) is 144 Å². The van der Waals surface area contributed by atoms with Crippen LogP contribution in [0.3, 0.4) is 0 Å². The summed E-state index contributed by atoms with van der Waals surface area (Å²) in [5.74, 6) is 0. The topological polar surface area (TPSA) is 52.0 Å². The van der Waals surface area contributed by atoms with E-state index in [0.29, 0.717) is 0 Å². The minimum Gasteiger partial charge on any atom is -0.397 e. The quantitative estimate of drug-likeness (QED) is 0.119. The lowest BCUT2D eigenvalue weighted by molar-refractivity contribution is 1.27. The first-order valence-electron chi connectivity index (χ1n) is 13.4. The fourth-order valence-corrected chi connectivity index (χ4v) is 4.99. The molecule has 0 aliphatic heterocycles. The highest BCUT2D eigenvalue weighted by Gasteiger charge is 2.13. The lowest BCUT2D eigenvalue weighted by Crippen LogP contribution is -1.94. The van der Waals surface area contributed by atoms with Gasteiger partial charge in [-0.2, -0.15) is 0 Å². The highest BCUT2D eigenvalue weighted by Crippen LogP contribution is 2.37. The number of hydrogen-bond donors (Lipinski definition) is 3. The molecule has 0 radical (unpaired) electrons. The summed E-state index contributed by atoms with van der Waals surface area (Å²) in [5.41, 5.74) is 18.0. The normalized spacial score (nSPS) is 10.8. The molecule has 4 N–H and O–H groups in total. The van der Waals surface area contributed by atoms with Gasteiger partial charge in [0, 0.05) is 10.3 Å². The van der Waals surface area contributed by atoms with Crippen molar-refractivity contribution in [3.05, 3.63) is 162 Å². The molecule has 0 unspecified atom stereocenters. The summed E-state index contributed by atoms with van der Waals surface area (Å²) in [4.78, 5) is 0.813. The molecule has 0 atom stereocenters. The average Bonchev–Trinajstić information content (AvgIpc) is 3.01. The summed E-state index contributed by atoms with van der Waals surface area (Å²) in [6, 6.07) is 46.4. The van der Waals surface area contributed by atoms with Crippen molar-refractivity contribution in [1.29, 1.82) is 0 Å². The van der Waals surface area contributed by atoms with Gasteiger partial charge >= 0.3 is 0 Å². The van der Waals surface area contributed by atoms with E-state index in [2.05, 4.69) is 141 Å². The van der Waals surface area contributed by atoms with E-state index in [1.807, 2.05) is 24.3 Å². The van der Waals surface area contributed by atoms with E-state index in [1.165, 1.54) is 40.3 Å². The zero-order chi connectivity index (χ0) is 28.3. The first-order valence-corrected chi connectivity index (χ1v) is 13.9. The van der Waals surface area contributed by atoms with Crippen LogP contribution in [0.4, 0.5) is 5.69 Å². The summed E-state index contributed by atoms with van der Waals surface area (Å²) in [7, 11) is 1.50. The number of hydrogen-bond acceptors (Lipinski definition) is 3. The molecule has 200 valence electrons. The number of aryl methyl sites for hydroxylation is 1. The predicted octanol–water partition coefficient (Wildman–Crippen LogP) is 9.11. The molecule has 0 bridgehead atoms. The Hall–Kier alpha value is -4.31. The third kappa shape index (κ3) is 6.81. The van der Waals surface area contributed by atoms with Crippen molar-refractivity contribution in [2.24, 2.45) is 5.73 Å². The number of allylic oxidation sites excluding steroid dienone is 1. The smallest absolute Gasteiger partial charge is 0.0535 e. The Labute approximate surface area is 243 Å². The SMILES string of the molecule is CN.Cc1ccccc1.Nc1c(S)ccc2ccc3c(/C(=C\Cc4ccccc4)c4ccccc4)cccc3c12. The van der Waals surface area contributed by atoms with Gasteiger partial charge in [-0.3, -0.25) is 0 Å². The number of rotatable bonds is 4. The van der Waals surface area contributed by atoms with Crippen molar-refractivity contribution in [3.8, 4) is 0 Å². The molecule has 0 heterocycles. The molecule has 0 amide bonds. The van der Waals surface area contributed by atoms with E-state index in [1.54, 1.807) is 0 Å². The Kier molecular flexibility index (Phi) is 10.2. The molecule has 0 aliphatic rings. The van der Waals surface area contributed by atoms with Crippen molar-refractivity contribution < 1.29 is 0 Å². The van der Waals surface area contributed by atoms with Gasteiger partial charge in [0.1, 0.15) is 0 Å². The van der Waals surface area contributed by atoms with Gasteiger partial charge in [0.05, 0.1) is 5.69 Å². The molecule has 3 heteroatoms. The number of anilines is 1. The Morgan fingerprint density at radius 2 is 1.25 bits per heavy atom. The van der Waals surface area contributed by atoms with Gasteiger partial charge in [-0.1, -0.05) is 139 Å². The van der Waals surface area contributed by atoms with E-state index in [-0.39, 0.29) is 0 Å². The van der Waals surface area contributed by atoms with Crippen LogP contribution < -0.4 is 11.5 Å². The van der Waals surface area contributed by atoms with Crippen LogP contribution in [0, 0.1) is 6.92 Å². The molecule has 0 aromatic heterocycles. The number of nitrogen functional groups attached to an aromatic ring is 1. The molecule has 0 aliphatic carbocycles. The molecule has 6 aromatic carbocycles. The number of benzene rings is 6. The van der Waals surface area contributed by atoms with Crippen LogP contribution in [-0.4, -0.2) is 7.05 Å². The first-order chi connectivity index (χ1) is 19.6. The number of thiol groups is 1. The molecule has 0 saturated heterocycles. The van der Waals surface area contributed by atoms with Gasteiger partial charge in [-0.25, -0.2) is 0 Å². The predicted molar refractivity (Wildman–Crippen MR) is 178 cm³/mol. The maximum atomic E-state index is 6.47. The third-order valence-electron chi connectivity index (χ3n) is 6.76. The highest BCUT2D eigenvalue weighted by molar-refractivity contribution is 7.80. The lowest BCUT2D eigenvalue weighted by atomic mass is 9.90. The maximum absolute atomic E-state index is 6.47. The van der Waals surface area contributed by atoms with Crippen molar-refractivity contribution >= 4 is 45.4 Å². The fourth-order valence-electron chi connectivity index (χ4n) is 4.81. The van der Waals surface area contributed by atoms with Gasteiger partial charge in [0.25, 0.3) is 0 Å². The molecule has 0 spiro atoms. The van der Waals surface area contributed by atoms with E-state index >= 15 is 0 Å². The van der Waals surface area contributed by atoms with Crippen LogP contribution in [0.5, 0.6) is 0 Å². The van der Waals surface area contributed by atoms with Crippen molar-refractivity contribution in [3.63, 3.8) is 0 Å². The summed E-state index contributed by atoms with van der Waals surface area (Å²) in [6.07, 6.45) is 3.21. The number of nitrogens with two attached hydrogens (primary N) is 2. The minimum absolute atomic E-state index is 0.734. The second-order valence-corrected chi connectivity index (χ2v) is 9.87. The average molecular weight is 541 g/mol. The standard InChI is InChI=1S/C29H23NS.C7H8.CH5N/c30-29-27(31)19-16-22-15-18-25-24(12-7-13-26(25)28(22)29)23(21-10-5-2-6-11-21)17-14-20-8-3-1-4-9-20;1-7-5-3-2-4-6-7;1-2/h1-13,15-19,31H,14,30H2;2-6H,1H3;2H2,1H3/b23-17-;;. The first kappa shape index (κ1) is 28.7. The zero-order valence-electron chi connectivity index (χ0n) is 23.1. The van der Waals surface area contributed by atoms with Crippen LogP contribution in [-0.2, 0) is 6.42 Å². The molecular weight excluding hydrogens is 504 g/mol. The summed E-state index contributed by atoms with van der Waals surface area (Å²) < 4.78 is 0. The largest absolute Gasteiger partial charge is 0.397 e. The second kappa shape index (κ2) is 14.2. The Morgan fingerprint density at radius 1 is 0.650 bits per heavy atom. The van der Waals surface area contributed by atoms with Gasteiger partial charge in [-0.05, 0) is 64.9 Å². The summed E-state index contributed by atoms with van der Waals surface area (Å²) in [5, 5.41) is 4.56. The molecule has 2 nitrogen and oxygen atoms in total. The second-order valence-electron chi connectivity index (χ2n) is 9.39. The highest BCUT2D eigenvalue weighted by atomic mass is 32.1. The van der Waals surface area contributed by atoms with Crippen LogP contribution in [0.1, 0.15) is 22.3 Å². The molecule has 40 heavy (non-hydrogen) atoms.